The van der Waals surface area contributed by atoms with Gasteiger partial charge in [0.2, 0.25) is 0 Å². The molecule has 0 aliphatic carbocycles. The van der Waals surface area contributed by atoms with Gasteiger partial charge in [-0.1, -0.05) is 11.6 Å². The molecule has 11 heavy (non-hydrogen) atoms. The van der Waals surface area contributed by atoms with Crippen LogP contribution in [0.2, 0.25) is 5.02 Å². The quantitative estimate of drug-likeness (QED) is 0.595. The molecule has 1 aromatic rings. The molecule has 0 fully saturated rings. The van der Waals surface area contributed by atoms with E-state index in [1.807, 2.05) is 0 Å². The molecule has 2 nitrogen and oxygen atoms in total. The largest absolute Gasteiger partial charge is 0.504 e. The average molecular weight is 177 g/mol. The van der Waals surface area contributed by atoms with Gasteiger partial charge in [-0.15, -0.1) is 0 Å². The zero-order valence-electron chi connectivity index (χ0n) is 5.73. The van der Waals surface area contributed by atoms with Crippen molar-refractivity contribution in [3.05, 3.63) is 22.5 Å². The van der Waals surface area contributed by atoms with Crippen molar-refractivity contribution < 1.29 is 14.6 Å². The molecule has 0 aliphatic heterocycles. The maximum atomic E-state index is 12.7. The van der Waals surface area contributed by atoms with Crippen LogP contribution in [0.25, 0.3) is 0 Å². The molecule has 0 heterocycles. The van der Waals surface area contributed by atoms with E-state index >= 15 is 0 Å². The summed E-state index contributed by atoms with van der Waals surface area (Å²) in [5.74, 6) is -1.62. The fraction of sp³-hybridized carbons (Fsp3) is 0.143. The lowest BCUT2D eigenvalue weighted by atomic mass is 10.2. The molecular weight excluding hydrogens is 171 g/mol. The van der Waals surface area contributed by atoms with E-state index in [0.29, 0.717) is 0 Å². The molecule has 0 atom stereocenters. The Morgan fingerprint density at radius 1 is 1.36 bits per heavy atom. The highest BCUT2D eigenvalue weighted by atomic mass is 35.5. The highest BCUT2D eigenvalue weighted by molar-refractivity contribution is 6.32. The number of phenols is 2. The van der Waals surface area contributed by atoms with E-state index in [9.17, 15) is 4.39 Å². The Bertz CT molecular complexity index is 273. The van der Waals surface area contributed by atoms with Gasteiger partial charge in [-0.2, -0.15) is 0 Å². The van der Waals surface area contributed by atoms with Crippen LogP contribution in [0.15, 0.2) is 6.07 Å². The predicted molar refractivity (Wildman–Crippen MR) is 39.5 cm³/mol. The molecule has 1 aromatic carbocycles. The van der Waals surface area contributed by atoms with Crippen molar-refractivity contribution in [2.24, 2.45) is 0 Å². The van der Waals surface area contributed by atoms with Gasteiger partial charge < -0.3 is 10.2 Å². The molecule has 60 valence electrons. The summed E-state index contributed by atoms with van der Waals surface area (Å²) < 4.78 is 12.7. The molecule has 0 aliphatic rings. The maximum absolute atomic E-state index is 12.7. The van der Waals surface area contributed by atoms with Crippen molar-refractivity contribution in [3.63, 3.8) is 0 Å². The van der Waals surface area contributed by atoms with Gasteiger partial charge in [0.1, 0.15) is 5.82 Å². The van der Waals surface area contributed by atoms with E-state index in [0.717, 1.165) is 6.07 Å². The van der Waals surface area contributed by atoms with Crippen molar-refractivity contribution >= 4 is 11.6 Å². The number of halogens is 2. The van der Waals surface area contributed by atoms with E-state index in [-0.39, 0.29) is 10.6 Å². The number of hydrogen-bond donors (Lipinski definition) is 2. The third-order valence-electron chi connectivity index (χ3n) is 1.42. The van der Waals surface area contributed by atoms with E-state index in [2.05, 4.69) is 0 Å². The molecule has 0 saturated heterocycles. The molecule has 0 unspecified atom stereocenters. The Labute approximate surface area is 67.9 Å². The van der Waals surface area contributed by atoms with Crippen molar-refractivity contribution in [3.8, 4) is 11.5 Å². The van der Waals surface area contributed by atoms with Gasteiger partial charge in [-0.05, 0) is 13.0 Å². The minimum absolute atomic E-state index is 0.00750. The van der Waals surface area contributed by atoms with E-state index in [4.69, 9.17) is 21.8 Å². The Balaban J connectivity index is 3.46. The van der Waals surface area contributed by atoms with Crippen LogP contribution >= 0.6 is 11.6 Å². The second kappa shape index (κ2) is 2.58. The highest BCUT2D eigenvalue weighted by Gasteiger charge is 2.11. The van der Waals surface area contributed by atoms with Gasteiger partial charge in [0, 0.05) is 5.56 Å². The Hall–Kier alpha value is -0.960. The molecular formula is C7H6ClFO2. The predicted octanol–water partition coefficient (Wildman–Crippen LogP) is 2.20. The van der Waals surface area contributed by atoms with Crippen LogP contribution in [0.3, 0.4) is 0 Å². The first kappa shape index (κ1) is 8.14. The van der Waals surface area contributed by atoms with Gasteiger partial charge >= 0.3 is 0 Å². The SMILES string of the molecule is Cc1c(F)cc(Cl)c(O)c1O. The van der Waals surface area contributed by atoms with Gasteiger partial charge in [0.15, 0.2) is 11.5 Å². The van der Waals surface area contributed by atoms with E-state index < -0.39 is 17.3 Å². The number of benzene rings is 1. The summed E-state index contributed by atoms with van der Waals surface area (Å²) in [6.45, 7) is 1.35. The molecule has 0 bridgehead atoms. The van der Waals surface area contributed by atoms with Gasteiger partial charge in [-0.3, -0.25) is 0 Å². The molecule has 4 heteroatoms. The van der Waals surface area contributed by atoms with E-state index in [1.165, 1.54) is 6.92 Å². The first-order valence-electron chi connectivity index (χ1n) is 2.90. The second-order valence-corrected chi connectivity index (χ2v) is 2.57. The third-order valence-corrected chi connectivity index (χ3v) is 1.71. The van der Waals surface area contributed by atoms with Crippen LogP contribution in [0.1, 0.15) is 5.56 Å². The molecule has 0 spiro atoms. The number of hydrogen-bond acceptors (Lipinski definition) is 2. The average Bonchev–Trinajstić information content (AvgIpc) is 1.97. The number of phenolic OH excluding ortho intramolecular Hbond substituents is 2. The Kier molecular flexibility index (Phi) is 1.91. The summed E-state index contributed by atoms with van der Waals surface area (Å²) in [6.07, 6.45) is 0. The van der Waals surface area contributed by atoms with Crippen LogP contribution < -0.4 is 0 Å². The topological polar surface area (TPSA) is 40.5 Å². The first-order valence-corrected chi connectivity index (χ1v) is 3.28. The Morgan fingerprint density at radius 3 is 2.45 bits per heavy atom. The van der Waals surface area contributed by atoms with Crippen molar-refractivity contribution in [2.75, 3.05) is 0 Å². The van der Waals surface area contributed by atoms with Gasteiger partial charge in [0.25, 0.3) is 0 Å². The van der Waals surface area contributed by atoms with Crippen LogP contribution in [0.4, 0.5) is 4.39 Å². The number of rotatable bonds is 0. The second-order valence-electron chi connectivity index (χ2n) is 2.16. The lowest BCUT2D eigenvalue weighted by molar-refractivity contribution is 0.396. The van der Waals surface area contributed by atoms with Gasteiger partial charge in [0.05, 0.1) is 5.02 Å². The standard InChI is InChI=1S/C7H6ClFO2/c1-3-5(9)2-4(8)7(11)6(3)10/h2,10-11H,1H3. The first-order chi connectivity index (χ1) is 5.04. The zero-order valence-corrected chi connectivity index (χ0v) is 6.48. The summed E-state index contributed by atoms with van der Waals surface area (Å²) in [5.41, 5.74) is -0.00750. The zero-order chi connectivity index (χ0) is 8.59. The summed E-state index contributed by atoms with van der Waals surface area (Å²) in [6, 6.07) is 0.950. The molecule has 0 radical (unpaired) electrons. The van der Waals surface area contributed by atoms with E-state index in [1.54, 1.807) is 0 Å². The molecule has 0 aromatic heterocycles. The van der Waals surface area contributed by atoms with Crippen molar-refractivity contribution in [2.45, 2.75) is 6.92 Å². The fourth-order valence-electron chi connectivity index (χ4n) is 0.692. The summed E-state index contributed by atoms with van der Waals surface area (Å²) in [5, 5.41) is 17.8. The van der Waals surface area contributed by atoms with Crippen LogP contribution in [-0.4, -0.2) is 10.2 Å². The smallest absolute Gasteiger partial charge is 0.176 e. The van der Waals surface area contributed by atoms with Crippen LogP contribution in [0.5, 0.6) is 11.5 Å². The minimum atomic E-state index is -0.634. The highest BCUT2D eigenvalue weighted by Crippen LogP contribution is 2.36. The minimum Gasteiger partial charge on any atom is -0.504 e. The lowest BCUT2D eigenvalue weighted by Crippen LogP contribution is -1.83. The normalized spacial score (nSPS) is 10.1. The van der Waals surface area contributed by atoms with Crippen LogP contribution in [0, 0.1) is 12.7 Å². The number of aromatic hydroxyl groups is 2. The summed E-state index contributed by atoms with van der Waals surface area (Å²) in [4.78, 5) is 0. The van der Waals surface area contributed by atoms with Crippen LogP contribution in [-0.2, 0) is 0 Å². The monoisotopic (exact) mass is 176 g/mol. The molecule has 2 N–H and O–H groups in total. The third kappa shape index (κ3) is 1.24. The van der Waals surface area contributed by atoms with Crippen molar-refractivity contribution in [1.29, 1.82) is 0 Å². The lowest BCUT2D eigenvalue weighted by Gasteiger charge is -2.03. The van der Waals surface area contributed by atoms with Gasteiger partial charge in [-0.25, -0.2) is 4.39 Å². The summed E-state index contributed by atoms with van der Waals surface area (Å²) >= 11 is 5.34. The molecule has 1 rings (SSSR count). The van der Waals surface area contributed by atoms with Crippen molar-refractivity contribution in [1.82, 2.24) is 0 Å². The maximum Gasteiger partial charge on any atom is 0.176 e. The molecule has 0 saturated carbocycles. The Morgan fingerprint density at radius 2 is 1.91 bits per heavy atom. The fourth-order valence-corrected chi connectivity index (χ4v) is 0.877. The molecule has 0 amide bonds. The summed E-state index contributed by atoms with van der Waals surface area (Å²) in [7, 11) is 0.